The van der Waals surface area contributed by atoms with E-state index in [4.69, 9.17) is 10.8 Å². The zero-order valence-electron chi connectivity index (χ0n) is 8.43. The predicted octanol–water partition coefficient (Wildman–Crippen LogP) is 0.00170. The Morgan fingerprint density at radius 2 is 2.13 bits per heavy atom. The fraction of sp³-hybridized carbons (Fsp3) is 0.889. The highest BCUT2D eigenvalue weighted by Gasteiger charge is 2.35. The summed E-state index contributed by atoms with van der Waals surface area (Å²) in [6.07, 6.45) is 2.58. The smallest absolute Gasteiger partial charge is 0.287 e. The van der Waals surface area contributed by atoms with E-state index in [1.54, 1.807) is 0 Å². The first kappa shape index (κ1) is 12.3. The quantitative estimate of drug-likeness (QED) is 0.613. The van der Waals surface area contributed by atoms with Gasteiger partial charge in [0.1, 0.15) is 6.61 Å². The van der Waals surface area contributed by atoms with Gasteiger partial charge < -0.3 is 16.2 Å². The summed E-state index contributed by atoms with van der Waals surface area (Å²) in [5.41, 5.74) is 5.28. The molecule has 0 bridgehead atoms. The number of amides is 1. The van der Waals surface area contributed by atoms with E-state index in [-0.39, 0.29) is 6.42 Å². The minimum Gasteiger partial charge on any atom is -0.390 e. The highest BCUT2D eigenvalue weighted by Crippen LogP contribution is 2.31. The monoisotopic (exact) mass is 222 g/mol. The summed E-state index contributed by atoms with van der Waals surface area (Å²) in [5.74, 6) is -3.73. The van der Waals surface area contributed by atoms with E-state index in [1.165, 1.54) is 0 Å². The minimum atomic E-state index is -3.25. The molecule has 0 unspecified atom stereocenters. The first-order chi connectivity index (χ1) is 6.87. The van der Waals surface area contributed by atoms with Crippen molar-refractivity contribution in [3.05, 3.63) is 0 Å². The van der Waals surface area contributed by atoms with Crippen molar-refractivity contribution in [2.75, 3.05) is 13.2 Å². The van der Waals surface area contributed by atoms with Crippen LogP contribution in [0.15, 0.2) is 0 Å². The van der Waals surface area contributed by atoms with Crippen LogP contribution in [0.3, 0.4) is 0 Å². The first-order valence-electron chi connectivity index (χ1n) is 4.91. The third-order valence-electron chi connectivity index (χ3n) is 2.64. The van der Waals surface area contributed by atoms with Gasteiger partial charge in [0.2, 0.25) is 5.91 Å². The molecule has 0 aromatic heterocycles. The second-order valence-electron chi connectivity index (χ2n) is 4.18. The van der Waals surface area contributed by atoms with Gasteiger partial charge in [0.25, 0.3) is 5.92 Å². The summed E-state index contributed by atoms with van der Waals surface area (Å²) >= 11 is 0. The topological polar surface area (TPSA) is 75.4 Å². The van der Waals surface area contributed by atoms with Gasteiger partial charge in [-0.1, -0.05) is 0 Å². The van der Waals surface area contributed by atoms with Crippen molar-refractivity contribution < 1.29 is 18.7 Å². The molecule has 1 fully saturated rings. The number of alkyl halides is 2. The predicted molar refractivity (Wildman–Crippen MR) is 50.4 cm³/mol. The van der Waals surface area contributed by atoms with Crippen LogP contribution < -0.4 is 11.1 Å². The largest absolute Gasteiger partial charge is 0.390 e. The summed E-state index contributed by atoms with van der Waals surface area (Å²) in [5, 5.41) is 10.3. The lowest BCUT2D eigenvalue weighted by Crippen LogP contribution is -2.51. The molecule has 1 saturated carbocycles. The van der Waals surface area contributed by atoms with Crippen LogP contribution >= 0.6 is 0 Å². The minimum absolute atomic E-state index is 0.0779. The van der Waals surface area contributed by atoms with Gasteiger partial charge in [0.15, 0.2) is 0 Å². The zero-order chi connectivity index (χ0) is 11.5. The molecule has 1 rings (SSSR count). The Labute approximate surface area is 86.8 Å². The van der Waals surface area contributed by atoms with Gasteiger partial charge in [-0.2, -0.15) is 0 Å². The van der Waals surface area contributed by atoms with Gasteiger partial charge in [-0.15, -0.1) is 0 Å². The van der Waals surface area contributed by atoms with Crippen molar-refractivity contribution in [3.8, 4) is 0 Å². The summed E-state index contributed by atoms with van der Waals surface area (Å²) in [6, 6.07) is 0. The molecule has 88 valence electrons. The molecule has 0 aliphatic heterocycles. The molecule has 4 nitrogen and oxygen atoms in total. The molecule has 1 aliphatic rings. The molecule has 0 aromatic rings. The van der Waals surface area contributed by atoms with Crippen molar-refractivity contribution in [2.45, 2.75) is 37.1 Å². The maximum atomic E-state index is 12.5. The van der Waals surface area contributed by atoms with E-state index in [0.717, 1.165) is 19.3 Å². The molecule has 6 heteroatoms. The molecule has 0 atom stereocenters. The summed E-state index contributed by atoms with van der Waals surface area (Å²) in [4.78, 5) is 11.2. The van der Waals surface area contributed by atoms with Gasteiger partial charge in [-0.05, 0) is 19.3 Å². The van der Waals surface area contributed by atoms with Gasteiger partial charge in [-0.25, -0.2) is 8.78 Å². The summed E-state index contributed by atoms with van der Waals surface area (Å²) < 4.78 is 25.1. The number of carbonyl (C=O) groups is 1. The van der Waals surface area contributed by atoms with Crippen molar-refractivity contribution in [1.29, 1.82) is 0 Å². The van der Waals surface area contributed by atoms with Crippen molar-refractivity contribution in [2.24, 2.45) is 5.73 Å². The van der Waals surface area contributed by atoms with Crippen LogP contribution in [0, 0.1) is 0 Å². The lowest BCUT2D eigenvalue weighted by atomic mass is 9.75. The van der Waals surface area contributed by atoms with Gasteiger partial charge in [0, 0.05) is 12.0 Å². The van der Waals surface area contributed by atoms with Crippen LogP contribution in [0.5, 0.6) is 0 Å². The Morgan fingerprint density at radius 3 is 2.53 bits per heavy atom. The van der Waals surface area contributed by atoms with E-state index in [9.17, 15) is 13.6 Å². The highest BCUT2D eigenvalue weighted by atomic mass is 19.3. The average molecular weight is 222 g/mol. The lowest BCUT2D eigenvalue weighted by Gasteiger charge is -2.37. The van der Waals surface area contributed by atoms with Gasteiger partial charge in [0.05, 0.1) is 6.54 Å². The number of nitrogens with one attached hydrogen (secondary N) is 1. The normalized spacial score (nSPS) is 19.5. The van der Waals surface area contributed by atoms with E-state index < -0.39 is 30.5 Å². The van der Waals surface area contributed by atoms with Crippen LogP contribution in [0.4, 0.5) is 8.78 Å². The number of rotatable bonds is 5. The molecule has 0 saturated heterocycles. The Morgan fingerprint density at radius 1 is 1.53 bits per heavy atom. The maximum Gasteiger partial charge on any atom is 0.287 e. The van der Waals surface area contributed by atoms with E-state index >= 15 is 0 Å². The highest BCUT2D eigenvalue weighted by molar-refractivity contribution is 5.77. The number of hydrogen-bond donors (Lipinski definition) is 3. The van der Waals surface area contributed by atoms with Crippen molar-refractivity contribution >= 4 is 5.91 Å². The fourth-order valence-electron chi connectivity index (χ4n) is 1.47. The third-order valence-corrected chi connectivity index (χ3v) is 2.64. The second kappa shape index (κ2) is 4.40. The van der Waals surface area contributed by atoms with Crippen LogP contribution in [0.1, 0.15) is 25.7 Å². The SMILES string of the molecule is NC1(CC(=O)NCC(F)(F)CO)CCC1. The van der Waals surface area contributed by atoms with Crippen LogP contribution in [-0.2, 0) is 4.79 Å². The van der Waals surface area contributed by atoms with E-state index in [2.05, 4.69) is 5.32 Å². The number of nitrogens with two attached hydrogens (primary N) is 1. The molecule has 0 spiro atoms. The molecule has 0 heterocycles. The number of aliphatic hydroxyl groups excluding tert-OH is 1. The van der Waals surface area contributed by atoms with Crippen LogP contribution in [-0.4, -0.2) is 35.6 Å². The molecular weight excluding hydrogens is 206 g/mol. The fourth-order valence-corrected chi connectivity index (χ4v) is 1.47. The maximum absolute atomic E-state index is 12.5. The van der Waals surface area contributed by atoms with Crippen LogP contribution in [0.2, 0.25) is 0 Å². The third kappa shape index (κ3) is 3.71. The Hall–Kier alpha value is -0.750. The van der Waals surface area contributed by atoms with Crippen molar-refractivity contribution in [3.63, 3.8) is 0 Å². The first-order valence-corrected chi connectivity index (χ1v) is 4.91. The lowest BCUT2D eigenvalue weighted by molar-refractivity contribution is -0.125. The number of carbonyl (C=O) groups excluding carboxylic acids is 1. The number of halogens is 2. The standard InChI is InChI=1S/C9H16F2N2O2/c10-9(11,6-14)5-13-7(15)4-8(12)2-1-3-8/h14H,1-6,12H2,(H,13,15). The average Bonchev–Trinajstić information content (AvgIpc) is 2.13. The Balaban J connectivity index is 2.24. The van der Waals surface area contributed by atoms with Gasteiger partial charge >= 0.3 is 0 Å². The van der Waals surface area contributed by atoms with E-state index in [0.29, 0.717) is 0 Å². The summed E-state index contributed by atoms with van der Waals surface area (Å²) in [6.45, 7) is -2.10. The van der Waals surface area contributed by atoms with Crippen LogP contribution in [0.25, 0.3) is 0 Å². The second-order valence-corrected chi connectivity index (χ2v) is 4.18. The number of hydrogen-bond acceptors (Lipinski definition) is 3. The zero-order valence-corrected chi connectivity index (χ0v) is 8.43. The molecule has 1 aliphatic carbocycles. The molecule has 0 aromatic carbocycles. The Kier molecular flexibility index (Phi) is 3.62. The molecule has 15 heavy (non-hydrogen) atoms. The molecule has 4 N–H and O–H groups in total. The molecule has 1 amide bonds. The molecule has 0 radical (unpaired) electrons. The summed E-state index contributed by atoms with van der Waals surface area (Å²) in [7, 11) is 0. The Bertz CT molecular complexity index is 242. The van der Waals surface area contributed by atoms with E-state index in [1.807, 2.05) is 0 Å². The molecular formula is C9H16F2N2O2. The number of aliphatic hydroxyl groups is 1. The van der Waals surface area contributed by atoms with Crippen molar-refractivity contribution in [1.82, 2.24) is 5.32 Å². The van der Waals surface area contributed by atoms with Gasteiger partial charge in [-0.3, -0.25) is 4.79 Å².